The maximum atomic E-state index is 12.4. The van der Waals surface area contributed by atoms with Gasteiger partial charge in [0.25, 0.3) is 0 Å². The van der Waals surface area contributed by atoms with E-state index in [0.29, 0.717) is 19.4 Å². The van der Waals surface area contributed by atoms with Crippen molar-refractivity contribution in [3.8, 4) is 0 Å². The highest BCUT2D eigenvalue weighted by molar-refractivity contribution is 7.99. The number of hydrogen-bond acceptors (Lipinski definition) is 3. The molecule has 2 amide bonds. The van der Waals surface area contributed by atoms with Gasteiger partial charge in [-0.05, 0) is 25.0 Å². The zero-order valence-corrected chi connectivity index (χ0v) is 12.7. The SMILES string of the molecule is O=C(NC1(C(=O)O)CCCCCC1)N1CCCSCC1. The van der Waals surface area contributed by atoms with Crippen molar-refractivity contribution in [2.75, 3.05) is 24.6 Å². The van der Waals surface area contributed by atoms with Gasteiger partial charge in [0.2, 0.25) is 0 Å². The van der Waals surface area contributed by atoms with Crippen molar-refractivity contribution in [3.05, 3.63) is 0 Å². The number of carbonyl (C=O) groups excluding carboxylic acids is 1. The first-order valence-electron chi connectivity index (χ1n) is 7.52. The van der Waals surface area contributed by atoms with E-state index in [1.165, 1.54) is 0 Å². The van der Waals surface area contributed by atoms with E-state index in [4.69, 9.17) is 0 Å². The van der Waals surface area contributed by atoms with Gasteiger partial charge in [0.1, 0.15) is 5.54 Å². The average Bonchev–Trinajstić information content (AvgIpc) is 2.81. The fourth-order valence-corrected chi connectivity index (χ4v) is 3.84. The summed E-state index contributed by atoms with van der Waals surface area (Å²) in [5, 5.41) is 12.4. The number of hydrogen-bond donors (Lipinski definition) is 2. The van der Waals surface area contributed by atoms with Crippen molar-refractivity contribution in [2.45, 2.75) is 50.5 Å². The Morgan fingerprint density at radius 3 is 2.35 bits per heavy atom. The predicted molar refractivity (Wildman–Crippen MR) is 80.1 cm³/mol. The van der Waals surface area contributed by atoms with E-state index >= 15 is 0 Å². The lowest BCUT2D eigenvalue weighted by atomic mass is 9.90. The van der Waals surface area contributed by atoms with Gasteiger partial charge in [0.15, 0.2) is 0 Å². The molecule has 1 heterocycles. The monoisotopic (exact) mass is 300 g/mol. The maximum absolute atomic E-state index is 12.4. The fraction of sp³-hybridized carbons (Fsp3) is 0.857. The van der Waals surface area contributed by atoms with Crippen molar-refractivity contribution >= 4 is 23.8 Å². The molecule has 114 valence electrons. The van der Waals surface area contributed by atoms with E-state index in [2.05, 4.69) is 5.32 Å². The van der Waals surface area contributed by atoms with Crippen LogP contribution in [0.25, 0.3) is 0 Å². The maximum Gasteiger partial charge on any atom is 0.329 e. The number of carboxylic acid groups (broad SMARTS) is 1. The van der Waals surface area contributed by atoms with E-state index in [1.807, 2.05) is 11.8 Å². The van der Waals surface area contributed by atoms with E-state index in [-0.39, 0.29) is 6.03 Å². The molecule has 5 nitrogen and oxygen atoms in total. The van der Waals surface area contributed by atoms with Gasteiger partial charge in [0, 0.05) is 18.8 Å². The molecular formula is C14H24N2O3S. The molecule has 2 N–H and O–H groups in total. The Labute approximate surface area is 124 Å². The third kappa shape index (κ3) is 3.81. The lowest BCUT2D eigenvalue weighted by Gasteiger charge is -2.32. The van der Waals surface area contributed by atoms with E-state index in [0.717, 1.165) is 50.2 Å². The van der Waals surface area contributed by atoms with Crippen molar-refractivity contribution in [1.29, 1.82) is 0 Å². The number of carboxylic acids is 1. The van der Waals surface area contributed by atoms with Gasteiger partial charge in [0.05, 0.1) is 0 Å². The highest BCUT2D eigenvalue weighted by Crippen LogP contribution is 2.28. The molecule has 2 aliphatic rings. The van der Waals surface area contributed by atoms with Crippen LogP contribution < -0.4 is 5.32 Å². The Morgan fingerprint density at radius 2 is 1.70 bits per heavy atom. The van der Waals surface area contributed by atoms with Crippen LogP contribution in [0, 0.1) is 0 Å². The molecule has 0 aromatic heterocycles. The zero-order valence-electron chi connectivity index (χ0n) is 11.9. The summed E-state index contributed by atoms with van der Waals surface area (Å²) in [6.07, 6.45) is 5.97. The van der Waals surface area contributed by atoms with Gasteiger partial charge in [-0.3, -0.25) is 0 Å². The molecule has 20 heavy (non-hydrogen) atoms. The Balaban J connectivity index is 2.02. The minimum absolute atomic E-state index is 0.197. The van der Waals surface area contributed by atoms with Gasteiger partial charge in [-0.2, -0.15) is 11.8 Å². The molecular weight excluding hydrogens is 276 g/mol. The molecule has 0 aromatic rings. The zero-order chi connectivity index (χ0) is 14.4. The molecule has 2 fully saturated rings. The van der Waals surface area contributed by atoms with Crippen LogP contribution in [0.3, 0.4) is 0 Å². The minimum Gasteiger partial charge on any atom is -0.480 e. The predicted octanol–water partition coefficient (Wildman–Crippen LogP) is 2.31. The summed E-state index contributed by atoms with van der Waals surface area (Å²) in [4.78, 5) is 25.8. The summed E-state index contributed by atoms with van der Waals surface area (Å²) < 4.78 is 0. The molecule has 0 atom stereocenters. The second kappa shape index (κ2) is 7.20. The second-order valence-corrected chi connectivity index (χ2v) is 6.91. The summed E-state index contributed by atoms with van der Waals surface area (Å²) in [6, 6.07) is -0.197. The number of nitrogens with one attached hydrogen (secondary N) is 1. The molecule has 2 rings (SSSR count). The van der Waals surface area contributed by atoms with Crippen LogP contribution in [-0.4, -0.2) is 52.1 Å². The van der Waals surface area contributed by atoms with Crippen LogP contribution in [0.5, 0.6) is 0 Å². The lowest BCUT2D eigenvalue weighted by Crippen LogP contribution is -2.58. The first-order valence-corrected chi connectivity index (χ1v) is 8.68. The summed E-state index contributed by atoms with van der Waals surface area (Å²) in [6.45, 7) is 1.45. The number of thioether (sulfide) groups is 1. The van der Waals surface area contributed by atoms with Gasteiger partial charge >= 0.3 is 12.0 Å². The van der Waals surface area contributed by atoms with Crippen LogP contribution in [-0.2, 0) is 4.79 Å². The van der Waals surface area contributed by atoms with E-state index < -0.39 is 11.5 Å². The molecule has 0 radical (unpaired) electrons. The molecule has 1 saturated carbocycles. The summed E-state index contributed by atoms with van der Waals surface area (Å²) in [5.41, 5.74) is -1.05. The van der Waals surface area contributed by atoms with Crippen LogP contribution in [0.1, 0.15) is 44.9 Å². The van der Waals surface area contributed by atoms with Crippen molar-refractivity contribution < 1.29 is 14.7 Å². The summed E-state index contributed by atoms with van der Waals surface area (Å²) >= 11 is 1.85. The normalized spacial score (nSPS) is 23.5. The Morgan fingerprint density at radius 1 is 1.00 bits per heavy atom. The quantitative estimate of drug-likeness (QED) is 0.768. The number of carbonyl (C=O) groups is 2. The third-order valence-electron chi connectivity index (χ3n) is 4.22. The number of nitrogens with zero attached hydrogens (tertiary/aromatic N) is 1. The largest absolute Gasteiger partial charge is 0.480 e. The van der Waals surface area contributed by atoms with Crippen LogP contribution >= 0.6 is 11.8 Å². The van der Waals surface area contributed by atoms with Gasteiger partial charge in [-0.1, -0.05) is 25.7 Å². The van der Waals surface area contributed by atoms with Gasteiger partial charge in [-0.15, -0.1) is 0 Å². The number of rotatable bonds is 2. The number of aliphatic carboxylic acids is 1. The third-order valence-corrected chi connectivity index (χ3v) is 5.27. The molecule has 0 bridgehead atoms. The molecule has 1 aliphatic carbocycles. The van der Waals surface area contributed by atoms with Gasteiger partial charge < -0.3 is 15.3 Å². The van der Waals surface area contributed by atoms with E-state index in [9.17, 15) is 14.7 Å². The molecule has 0 unspecified atom stereocenters. The highest BCUT2D eigenvalue weighted by Gasteiger charge is 2.40. The van der Waals surface area contributed by atoms with E-state index in [1.54, 1.807) is 4.90 Å². The minimum atomic E-state index is -1.05. The van der Waals surface area contributed by atoms with Crippen molar-refractivity contribution in [3.63, 3.8) is 0 Å². The molecule has 1 saturated heterocycles. The number of amides is 2. The smallest absolute Gasteiger partial charge is 0.329 e. The average molecular weight is 300 g/mol. The summed E-state index contributed by atoms with van der Waals surface area (Å²) in [5.74, 6) is 1.14. The van der Waals surface area contributed by atoms with Crippen LogP contribution in [0.15, 0.2) is 0 Å². The first-order chi connectivity index (χ1) is 9.64. The van der Waals surface area contributed by atoms with Crippen LogP contribution in [0.4, 0.5) is 4.79 Å². The standard InChI is InChI=1S/C14H24N2O3S/c17-12(18)14(6-3-1-2-4-7-14)15-13(19)16-8-5-10-20-11-9-16/h1-11H2,(H,15,19)(H,17,18). The summed E-state index contributed by atoms with van der Waals surface area (Å²) in [7, 11) is 0. The Kier molecular flexibility index (Phi) is 5.57. The van der Waals surface area contributed by atoms with Crippen LogP contribution in [0.2, 0.25) is 0 Å². The highest BCUT2D eigenvalue weighted by atomic mass is 32.2. The van der Waals surface area contributed by atoms with Gasteiger partial charge in [-0.25, -0.2) is 9.59 Å². The Bertz CT molecular complexity index is 346. The molecule has 6 heteroatoms. The first kappa shape index (κ1) is 15.5. The number of urea groups is 1. The van der Waals surface area contributed by atoms with Crippen molar-refractivity contribution in [1.82, 2.24) is 10.2 Å². The van der Waals surface area contributed by atoms with Crippen molar-refractivity contribution in [2.24, 2.45) is 0 Å². The fourth-order valence-electron chi connectivity index (χ4n) is 2.96. The molecule has 1 aliphatic heterocycles. The second-order valence-electron chi connectivity index (χ2n) is 5.68. The topological polar surface area (TPSA) is 69.6 Å². The lowest BCUT2D eigenvalue weighted by molar-refractivity contribution is -0.145. The molecule has 0 aromatic carbocycles. The molecule has 0 spiro atoms. The Hall–Kier alpha value is -0.910.